The normalized spacial score (nSPS) is 21.2. The first kappa shape index (κ1) is 14.7. The fourth-order valence-corrected chi connectivity index (χ4v) is 3.01. The molecule has 0 aliphatic heterocycles. The summed E-state index contributed by atoms with van der Waals surface area (Å²) < 4.78 is 7.15. The summed E-state index contributed by atoms with van der Waals surface area (Å²) in [7, 11) is 1.77. The Morgan fingerprint density at radius 3 is 2.91 bits per heavy atom. The molecule has 22 heavy (non-hydrogen) atoms. The third-order valence-corrected chi connectivity index (χ3v) is 4.20. The molecule has 1 aliphatic rings. The van der Waals surface area contributed by atoms with Gasteiger partial charge in [0.05, 0.1) is 0 Å². The number of aryl methyl sites for hydroxylation is 2. The fraction of sp³-hybridized carbons (Fsp3) is 0.600. The van der Waals surface area contributed by atoms with E-state index in [1.54, 1.807) is 24.0 Å². The second-order valence-corrected chi connectivity index (χ2v) is 5.84. The standard InChI is InChI=1S/C15H21N5O2/c1-3-13-18-19-14(22-13)9-10-4-5-11(8-10)17-15(21)12-6-7-16-20(12)2/h6-7,10-11H,3-5,8-9H2,1-2H3,(H,17,21)/t10-,11+/m1/s1. The van der Waals surface area contributed by atoms with Gasteiger partial charge < -0.3 is 9.73 Å². The molecule has 7 nitrogen and oxygen atoms in total. The lowest BCUT2D eigenvalue weighted by Gasteiger charge is -2.12. The number of nitrogens with zero attached hydrogens (tertiary/aromatic N) is 4. The van der Waals surface area contributed by atoms with Gasteiger partial charge in [0.2, 0.25) is 11.8 Å². The van der Waals surface area contributed by atoms with Gasteiger partial charge in [0.1, 0.15) is 5.69 Å². The highest BCUT2D eigenvalue weighted by molar-refractivity contribution is 5.92. The highest BCUT2D eigenvalue weighted by Crippen LogP contribution is 2.28. The van der Waals surface area contributed by atoms with Gasteiger partial charge in [0.15, 0.2) is 0 Å². The molecule has 1 aliphatic carbocycles. The summed E-state index contributed by atoms with van der Waals surface area (Å²) in [6, 6.07) is 1.94. The van der Waals surface area contributed by atoms with Crippen LogP contribution >= 0.6 is 0 Å². The molecular weight excluding hydrogens is 282 g/mol. The molecule has 1 amide bonds. The summed E-state index contributed by atoms with van der Waals surface area (Å²) >= 11 is 0. The molecule has 2 atom stereocenters. The molecular formula is C15H21N5O2. The van der Waals surface area contributed by atoms with Crippen molar-refractivity contribution in [3.8, 4) is 0 Å². The molecule has 7 heteroatoms. The van der Waals surface area contributed by atoms with Crippen LogP contribution in [-0.2, 0) is 19.9 Å². The molecule has 0 spiro atoms. The average Bonchev–Trinajstić information content (AvgIpc) is 3.21. The fourth-order valence-electron chi connectivity index (χ4n) is 3.01. The van der Waals surface area contributed by atoms with Crippen molar-refractivity contribution in [2.75, 3.05) is 0 Å². The van der Waals surface area contributed by atoms with Gasteiger partial charge in [-0.25, -0.2) is 0 Å². The highest BCUT2D eigenvalue weighted by atomic mass is 16.4. The number of hydrogen-bond donors (Lipinski definition) is 1. The van der Waals surface area contributed by atoms with Crippen molar-refractivity contribution in [1.29, 1.82) is 0 Å². The van der Waals surface area contributed by atoms with Gasteiger partial charge in [0, 0.05) is 32.1 Å². The minimum atomic E-state index is -0.0586. The highest BCUT2D eigenvalue weighted by Gasteiger charge is 2.28. The van der Waals surface area contributed by atoms with Gasteiger partial charge in [-0.1, -0.05) is 6.92 Å². The van der Waals surface area contributed by atoms with Crippen LogP contribution in [0.25, 0.3) is 0 Å². The second kappa shape index (κ2) is 6.29. The third-order valence-electron chi connectivity index (χ3n) is 4.20. The van der Waals surface area contributed by atoms with Crippen molar-refractivity contribution in [2.45, 2.75) is 45.1 Å². The molecule has 0 bridgehead atoms. The Labute approximate surface area is 129 Å². The molecule has 1 saturated carbocycles. The van der Waals surface area contributed by atoms with E-state index in [0.717, 1.165) is 32.1 Å². The number of carbonyl (C=O) groups excluding carboxylic acids is 1. The molecule has 2 aromatic rings. The van der Waals surface area contributed by atoms with Crippen molar-refractivity contribution >= 4 is 5.91 Å². The molecule has 2 heterocycles. The van der Waals surface area contributed by atoms with Gasteiger partial charge in [-0.05, 0) is 31.2 Å². The minimum Gasteiger partial charge on any atom is -0.425 e. The molecule has 1 N–H and O–H groups in total. The Morgan fingerprint density at radius 1 is 1.41 bits per heavy atom. The van der Waals surface area contributed by atoms with Crippen LogP contribution in [0.3, 0.4) is 0 Å². The second-order valence-electron chi connectivity index (χ2n) is 5.84. The van der Waals surface area contributed by atoms with E-state index in [0.29, 0.717) is 23.4 Å². The molecule has 0 radical (unpaired) electrons. The number of nitrogens with one attached hydrogen (secondary N) is 1. The largest absolute Gasteiger partial charge is 0.425 e. The van der Waals surface area contributed by atoms with Gasteiger partial charge >= 0.3 is 0 Å². The Balaban J connectivity index is 1.52. The first-order valence-electron chi connectivity index (χ1n) is 7.75. The van der Waals surface area contributed by atoms with Crippen LogP contribution in [0.15, 0.2) is 16.7 Å². The Hall–Kier alpha value is -2.18. The van der Waals surface area contributed by atoms with Gasteiger partial charge in [-0.15, -0.1) is 10.2 Å². The van der Waals surface area contributed by atoms with Crippen LogP contribution in [0.1, 0.15) is 48.5 Å². The molecule has 0 saturated heterocycles. The van der Waals surface area contributed by atoms with Gasteiger partial charge in [0.25, 0.3) is 5.91 Å². The average molecular weight is 303 g/mol. The van der Waals surface area contributed by atoms with Crippen molar-refractivity contribution in [1.82, 2.24) is 25.3 Å². The smallest absolute Gasteiger partial charge is 0.269 e. The number of amides is 1. The summed E-state index contributed by atoms with van der Waals surface area (Å²) in [5.74, 6) is 1.83. The van der Waals surface area contributed by atoms with Crippen molar-refractivity contribution in [2.24, 2.45) is 13.0 Å². The van der Waals surface area contributed by atoms with E-state index in [4.69, 9.17) is 4.42 Å². The van der Waals surface area contributed by atoms with Crippen LogP contribution in [-0.4, -0.2) is 31.9 Å². The van der Waals surface area contributed by atoms with Crippen LogP contribution in [0, 0.1) is 5.92 Å². The van der Waals surface area contributed by atoms with Crippen molar-refractivity contribution in [3.05, 3.63) is 29.7 Å². The van der Waals surface area contributed by atoms with E-state index >= 15 is 0 Å². The van der Waals surface area contributed by atoms with Crippen LogP contribution in [0.4, 0.5) is 0 Å². The SMILES string of the molecule is CCc1nnc(C[C@@H]2CC[C@H](NC(=O)c3ccnn3C)C2)o1. The summed E-state index contributed by atoms with van der Waals surface area (Å²) in [6.45, 7) is 2.00. The summed E-state index contributed by atoms with van der Waals surface area (Å²) in [6.07, 6.45) is 6.20. The van der Waals surface area contributed by atoms with Crippen LogP contribution < -0.4 is 5.32 Å². The lowest BCUT2D eigenvalue weighted by molar-refractivity contribution is 0.0927. The van der Waals surface area contributed by atoms with Gasteiger partial charge in [-0.3, -0.25) is 9.48 Å². The van der Waals surface area contributed by atoms with E-state index < -0.39 is 0 Å². The lowest BCUT2D eigenvalue weighted by Crippen LogP contribution is -2.34. The van der Waals surface area contributed by atoms with Crippen LogP contribution in [0.2, 0.25) is 0 Å². The predicted molar refractivity (Wildman–Crippen MR) is 79.2 cm³/mol. The molecule has 2 aromatic heterocycles. The molecule has 1 fully saturated rings. The van der Waals surface area contributed by atoms with Crippen molar-refractivity contribution < 1.29 is 9.21 Å². The quantitative estimate of drug-likeness (QED) is 0.904. The Bertz CT molecular complexity index is 648. The molecule has 0 aromatic carbocycles. The maximum Gasteiger partial charge on any atom is 0.269 e. The van der Waals surface area contributed by atoms with Crippen LogP contribution in [0.5, 0.6) is 0 Å². The Morgan fingerprint density at radius 2 is 2.23 bits per heavy atom. The lowest BCUT2D eigenvalue weighted by atomic mass is 10.0. The van der Waals surface area contributed by atoms with Crippen molar-refractivity contribution in [3.63, 3.8) is 0 Å². The molecule has 0 unspecified atom stereocenters. The molecule has 118 valence electrons. The predicted octanol–water partition coefficient (Wildman–Crippen LogP) is 1.51. The number of rotatable bonds is 5. The summed E-state index contributed by atoms with van der Waals surface area (Å²) in [4.78, 5) is 12.2. The number of carbonyl (C=O) groups is 1. The minimum absolute atomic E-state index is 0.0586. The summed E-state index contributed by atoms with van der Waals surface area (Å²) in [5.41, 5.74) is 0.591. The van der Waals surface area contributed by atoms with Gasteiger partial charge in [-0.2, -0.15) is 5.10 Å². The number of hydrogen-bond acceptors (Lipinski definition) is 5. The maximum atomic E-state index is 12.2. The zero-order valence-corrected chi connectivity index (χ0v) is 13.0. The van der Waals surface area contributed by atoms with E-state index in [1.165, 1.54) is 0 Å². The van der Waals surface area contributed by atoms with E-state index in [9.17, 15) is 4.79 Å². The first-order chi connectivity index (χ1) is 10.7. The topological polar surface area (TPSA) is 85.8 Å². The Kier molecular flexibility index (Phi) is 4.22. The van der Waals surface area contributed by atoms with E-state index in [-0.39, 0.29) is 11.9 Å². The maximum absolute atomic E-state index is 12.2. The monoisotopic (exact) mass is 303 g/mol. The van der Waals surface area contributed by atoms with E-state index in [1.807, 2.05) is 6.92 Å². The first-order valence-corrected chi connectivity index (χ1v) is 7.75. The number of aromatic nitrogens is 4. The van der Waals surface area contributed by atoms with E-state index in [2.05, 4.69) is 20.6 Å². The zero-order chi connectivity index (χ0) is 15.5. The molecule has 3 rings (SSSR count). The zero-order valence-electron chi connectivity index (χ0n) is 13.0. The summed E-state index contributed by atoms with van der Waals surface area (Å²) in [5, 5.41) is 15.2. The third kappa shape index (κ3) is 3.18.